The molecule has 27 heavy (non-hydrogen) atoms. The molecule has 2 aromatic heterocycles. The van der Waals surface area contributed by atoms with E-state index in [1.165, 1.54) is 0 Å². The van der Waals surface area contributed by atoms with E-state index in [1.54, 1.807) is 6.92 Å². The van der Waals surface area contributed by atoms with E-state index in [1.807, 2.05) is 37.4 Å². The molecule has 0 radical (unpaired) electrons. The van der Waals surface area contributed by atoms with Crippen molar-refractivity contribution in [2.45, 2.75) is 25.9 Å². The van der Waals surface area contributed by atoms with Gasteiger partial charge in [0, 0.05) is 12.0 Å². The van der Waals surface area contributed by atoms with E-state index in [2.05, 4.69) is 15.4 Å². The normalized spacial score (nSPS) is 20.0. The lowest BCUT2D eigenvalue weighted by Gasteiger charge is -2.17. The second-order valence-electron chi connectivity index (χ2n) is 6.95. The van der Waals surface area contributed by atoms with Crippen LogP contribution in [0.5, 0.6) is 0 Å². The summed E-state index contributed by atoms with van der Waals surface area (Å²) in [6.07, 6.45) is 0.665. The molecular weight excluding hydrogens is 368 g/mol. The summed E-state index contributed by atoms with van der Waals surface area (Å²) in [4.78, 5) is 1.05. The van der Waals surface area contributed by atoms with Crippen molar-refractivity contribution in [2.24, 2.45) is 0 Å². The van der Waals surface area contributed by atoms with E-state index in [9.17, 15) is 8.42 Å². The molecule has 0 aliphatic carbocycles. The minimum absolute atomic E-state index is 0.0579. The van der Waals surface area contributed by atoms with Gasteiger partial charge < -0.3 is 13.8 Å². The monoisotopic (exact) mass is 389 g/mol. The molecule has 1 N–H and O–H groups in total. The molecule has 1 aromatic carbocycles. The average Bonchev–Trinajstić information content (AvgIpc) is 3.34. The predicted molar refractivity (Wildman–Crippen MR) is 97.6 cm³/mol. The fourth-order valence-corrected chi connectivity index (χ4v) is 5.28. The van der Waals surface area contributed by atoms with Crippen LogP contribution in [0.25, 0.3) is 22.7 Å². The fourth-order valence-electron chi connectivity index (χ4n) is 3.41. The summed E-state index contributed by atoms with van der Waals surface area (Å²) >= 11 is 0. The fraction of sp³-hybridized carbons (Fsp3) is 0.389. The Morgan fingerprint density at radius 2 is 2.00 bits per heavy atom. The second kappa shape index (κ2) is 6.90. The number of rotatable bonds is 5. The molecule has 142 valence electrons. The first-order valence-corrected chi connectivity index (χ1v) is 10.6. The van der Waals surface area contributed by atoms with Gasteiger partial charge in [-0.05, 0) is 6.92 Å². The molecule has 0 saturated carbocycles. The van der Waals surface area contributed by atoms with Crippen molar-refractivity contribution in [1.29, 1.82) is 0 Å². The summed E-state index contributed by atoms with van der Waals surface area (Å²) in [6.45, 7) is 2.28. The van der Waals surface area contributed by atoms with E-state index in [0.717, 1.165) is 10.5 Å². The number of nitrogens with one attached hydrogen (secondary N) is 1. The lowest BCUT2D eigenvalue weighted by molar-refractivity contribution is -0.917. The molecule has 1 unspecified atom stereocenters. The maximum atomic E-state index is 11.7. The maximum absolute atomic E-state index is 11.7. The van der Waals surface area contributed by atoms with Crippen LogP contribution in [0.1, 0.15) is 18.1 Å². The Hall–Kier alpha value is -2.52. The highest BCUT2D eigenvalue weighted by Gasteiger charge is 2.34. The van der Waals surface area contributed by atoms with E-state index >= 15 is 0 Å². The van der Waals surface area contributed by atoms with Crippen LogP contribution in [0.15, 0.2) is 39.3 Å². The number of sulfone groups is 1. The van der Waals surface area contributed by atoms with Gasteiger partial charge in [-0.3, -0.25) is 0 Å². The number of hydrogen-bond acceptors (Lipinski definition) is 7. The van der Waals surface area contributed by atoms with Crippen LogP contribution < -0.4 is 4.90 Å². The largest absolute Gasteiger partial charge is 0.415 e. The third-order valence-corrected chi connectivity index (χ3v) is 6.72. The minimum atomic E-state index is -2.91. The molecule has 0 amide bonds. The molecule has 1 fully saturated rings. The van der Waals surface area contributed by atoms with Crippen LogP contribution in [0, 0.1) is 6.92 Å². The standard InChI is InChI=1S/C18H20N4O4S/c1-12-16(17(21-26-12)13-6-4-3-5-7-13)18-20-19-15(25-18)10-22(2)14-8-9-27(23,24)11-14/h3-7,14H,8-11H2,1-2H3/p+1/t14-/m0/s1. The number of benzene rings is 1. The van der Waals surface area contributed by atoms with Gasteiger partial charge in [0.05, 0.1) is 12.8 Å². The van der Waals surface area contributed by atoms with Crippen molar-refractivity contribution in [3.05, 3.63) is 42.0 Å². The third kappa shape index (κ3) is 3.65. The first-order valence-electron chi connectivity index (χ1n) is 8.80. The molecule has 4 rings (SSSR count). The third-order valence-electron chi connectivity index (χ3n) is 4.95. The van der Waals surface area contributed by atoms with E-state index < -0.39 is 9.84 Å². The van der Waals surface area contributed by atoms with Crippen molar-refractivity contribution in [1.82, 2.24) is 15.4 Å². The molecule has 9 heteroatoms. The summed E-state index contributed by atoms with van der Waals surface area (Å²) < 4.78 is 34.6. The average molecular weight is 389 g/mol. The molecule has 2 atom stereocenters. The number of hydrogen-bond donors (Lipinski definition) is 1. The van der Waals surface area contributed by atoms with Gasteiger partial charge in [-0.2, -0.15) is 0 Å². The van der Waals surface area contributed by atoms with E-state index in [-0.39, 0.29) is 17.5 Å². The van der Waals surface area contributed by atoms with Crippen molar-refractivity contribution in [3.8, 4) is 22.7 Å². The van der Waals surface area contributed by atoms with Gasteiger partial charge in [-0.25, -0.2) is 8.42 Å². The first-order chi connectivity index (χ1) is 12.9. The van der Waals surface area contributed by atoms with Gasteiger partial charge in [-0.15, -0.1) is 10.2 Å². The molecule has 8 nitrogen and oxygen atoms in total. The number of quaternary nitrogens is 1. The Bertz CT molecular complexity index is 1040. The number of nitrogens with zero attached hydrogens (tertiary/aromatic N) is 3. The van der Waals surface area contributed by atoms with Crippen LogP contribution in [0.2, 0.25) is 0 Å². The predicted octanol–water partition coefficient (Wildman–Crippen LogP) is 0.902. The summed E-state index contributed by atoms with van der Waals surface area (Å²) in [7, 11) is -0.959. The van der Waals surface area contributed by atoms with Crippen LogP contribution in [-0.2, 0) is 16.4 Å². The Morgan fingerprint density at radius 1 is 1.22 bits per heavy atom. The van der Waals surface area contributed by atoms with Gasteiger partial charge >= 0.3 is 0 Å². The molecule has 3 aromatic rings. The van der Waals surface area contributed by atoms with Gasteiger partial charge in [0.2, 0.25) is 0 Å². The Morgan fingerprint density at radius 3 is 2.70 bits per heavy atom. The van der Waals surface area contributed by atoms with E-state index in [0.29, 0.717) is 41.8 Å². The Kier molecular flexibility index (Phi) is 4.56. The van der Waals surface area contributed by atoms with Crippen LogP contribution in [-0.4, -0.2) is 48.4 Å². The zero-order valence-electron chi connectivity index (χ0n) is 15.2. The maximum Gasteiger partial charge on any atom is 0.271 e. The van der Waals surface area contributed by atoms with Gasteiger partial charge in [0.1, 0.15) is 28.8 Å². The highest BCUT2D eigenvalue weighted by molar-refractivity contribution is 7.91. The van der Waals surface area contributed by atoms with Crippen LogP contribution >= 0.6 is 0 Å². The smallest absolute Gasteiger partial charge is 0.271 e. The van der Waals surface area contributed by atoms with Crippen molar-refractivity contribution in [3.63, 3.8) is 0 Å². The first kappa shape index (κ1) is 17.9. The number of aryl methyl sites for hydroxylation is 1. The Balaban J connectivity index is 1.56. The highest BCUT2D eigenvalue weighted by Crippen LogP contribution is 2.33. The van der Waals surface area contributed by atoms with Crippen LogP contribution in [0.3, 0.4) is 0 Å². The molecule has 3 heterocycles. The summed E-state index contributed by atoms with van der Waals surface area (Å²) in [6, 6.07) is 9.73. The molecule has 1 saturated heterocycles. The lowest BCUT2D eigenvalue weighted by atomic mass is 10.1. The van der Waals surface area contributed by atoms with E-state index in [4.69, 9.17) is 8.94 Å². The zero-order chi connectivity index (χ0) is 19.0. The number of aromatic nitrogens is 3. The summed E-state index contributed by atoms with van der Waals surface area (Å²) in [5, 5.41) is 12.4. The van der Waals surface area contributed by atoms with Gasteiger partial charge in [0.25, 0.3) is 11.8 Å². The quantitative estimate of drug-likeness (QED) is 0.691. The molecular formula is C18H21N4O4S+. The SMILES string of the molecule is Cc1onc(-c2ccccc2)c1-c1nnc(C[NH+](C)[C@H]2CCS(=O)(=O)C2)o1. The summed E-state index contributed by atoms with van der Waals surface area (Å²) in [5.41, 5.74) is 2.25. The van der Waals surface area contributed by atoms with Crippen LogP contribution in [0.4, 0.5) is 0 Å². The van der Waals surface area contributed by atoms with Crippen molar-refractivity contribution in [2.75, 3.05) is 18.6 Å². The second-order valence-corrected chi connectivity index (χ2v) is 9.18. The van der Waals surface area contributed by atoms with Gasteiger partial charge in [0.15, 0.2) is 16.4 Å². The topological polar surface area (TPSA) is 104 Å². The van der Waals surface area contributed by atoms with Crippen molar-refractivity contribution < 1.29 is 22.3 Å². The van der Waals surface area contributed by atoms with Gasteiger partial charge in [-0.1, -0.05) is 35.5 Å². The molecule has 1 aliphatic rings. The summed E-state index contributed by atoms with van der Waals surface area (Å²) in [5.74, 6) is 1.89. The Labute approximate surface area is 157 Å². The minimum Gasteiger partial charge on any atom is -0.415 e. The van der Waals surface area contributed by atoms with Crippen molar-refractivity contribution >= 4 is 9.84 Å². The molecule has 1 aliphatic heterocycles. The molecule has 0 bridgehead atoms. The lowest BCUT2D eigenvalue weighted by Crippen LogP contribution is -3.12. The molecule has 0 spiro atoms. The zero-order valence-corrected chi connectivity index (χ0v) is 16.0. The highest BCUT2D eigenvalue weighted by atomic mass is 32.2.